The van der Waals surface area contributed by atoms with E-state index in [1.807, 2.05) is 31.2 Å². The number of aryl methyl sites for hydroxylation is 1. The molecule has 0 aliphatic rings. The van der Waals surface area contributed by atoms with E-state index in [9.17, 15) is 5.11 Å². The fourth-order valence-corrected chi connectivity index (χ4v) is 1.32. The second kappa shape index (κ2) is 3.81. The molecule has 0 saturated carbocycles. The molecule has 0 spiro atoms. The van der Waals surface area contributed by atoms with Gasteiger partial charge < -0.3 is 5.11 Å². The second-order valence-corrected chi connectivity index (χ2v) is 4.15. The van der Waals surface area contributed by atoms with Gasteiger partial charge in [0.1, 0.15) is 0 Å². The Labute approximate surface area is 84.8 Å². The van der Waals surface area contributed by atoms with Crippen LogP contribution in [0.25, 0.3) is 0 Å². The van der Waals surface area contributed by atoms with Gasteiger partial charge in [-0.3, -0.25) is 0 Å². The summed E-state index contributed by atoms with van der Waals surface area (Å²) in [7, 11) is 0. The van der Waals surface area contributed by atoms with Crippen LogP contribution in [0.15, 0.2) is 24.3 Å². The predicted octanol–water partition coefficient (Wildman–Crippen LogP) is 2.58. The third kappa shape index (κ3) is 2.12. The number of benzene rings is 1. The number of hydrogen-bond donors (Lipinski definition) is 1. The molecular weight excluding hydrogens is 174 g/mol. The average Bonchev–Trinajstić information content (AvgIpc) is 2.16. The number of hydrogen-bond acceptors (Lipinski definition) is 2. The molecule has 14 heavy (non-hydrogen) atoms. The SMILES string of the molecule is Cc1cccc(C(O)C(C)(C)C#N)c1. The van der Waals surface area contributed by atoms with E-state index in [4.69, 9.17) is 5.26 Å². The molecule has 2 heteroatoms. The summed E-state index contributed by atoms with van der Waals surface area (Å²) in [6.07, 6.45) is -0.729. The second-order valence-electron chi connectivity index (χ2n) is 4.15. The van der Waals surface area contributed by atoms with E-state index in [1.165, 1.54) is 0 Å². The lowest BCUT2D eigenvalue weighted by atomic mass is 9.84. The zero-order valence-corrected chi connectivity index (χ0v) is 8.78. The minimum atomic E-state index is -0.742. The van der Waals surface area contributed by atoms with Crippen LogP contribution in [-0.4, -0.2) is 5.11 Å². The van der Waals surface area contributed by atoms with Gasteiger partial charge in [0.25, 0.3) is 0 Å². The Kier molecular flexibility index (Phi) is 2.93. The lowest BCUT2D eigenvalue weighted by molar-refractivity contribution is 0.0867. The smallest absolute Gasteiger partial charge is 0.0970 e. The summed E-state index contributed by atoms with van der Waals surface area (Å²) in [5, 5.41) is 18.8. The van der Waals surface area contributed by atoms with Gasteiger partial charge in [-0.05, 0) is 26.3 Å². The highest BCUT2D eigenvalue weighted by Gasteiger charge is 2.28. The highest BCUT2D eigenvalue weighted by atomic mass is 16.3. The average molecular weight is 189 g/mol. The molecule has 0 radical (unpaired) electrons. The van der Waals surface area contributed by atoms with Crippen molar-refractivity contribution in [3.05, 3.63) is 35.4 Å². The lowest BCUT2D eigenvalue weighted by Crippen LogP contribution is -2.19. The number of rotatable bonds is 2. The summed E-state index contributed by atoms with van der Waals surface area (Å²) in [5.74, 6) is 0. The van der Waals surface area contributed by atoms with Gasteiger partial charge in [0.05, 0.1) is 17.6 Å². The molecule has 0 aromatic heterocycles. The summed E-state index contributed by atoms with van der Waals surface area (Å²) in [6.45, 7) is 5.44. The minimum absolute atomic E-state index is 0.729. The number of aliphatic hydroxyl groups is 1. The maximum absolute atomic E-state index is 9.95. The zero-order valence-electron chi connectivity index (χ0n) is 8.78. The Bertz CT molecular complexity index is 363. The van der Waals surface area contributed by atoms with Gasteiger partial charge in [-0.1, -0.05) is 29.8 Å². The summed E-state index contributed by atoms with van der Waals surface area (Å²) in [6, 6.07) is 9.72. The number of aliphatic hydroxyl groups excluding tert-OH is 1. The molecule has 0 aliphatic heterocycles. The Morgan fingerprint density at radius 2 is 2.07 bits per heavy atom. The summed E-state index contributed by atoms with van der Waals surface area (Å²) >= 11 is 0. The Morgan fingerprint density at radius 1 is 1.43 bits per heavy atom. The molecule has 0 aliphatic carbocycles. The number of nitrogens with zero attached hydrogens (tertiary/aromatic N) is 1. The van der Waals surface area contributed by atoms with Crippen molar-refractivity contribution >= 4 is 0 Å². The van der Waals surface area contributed by atoms with Gasteiger partial charge in [0.15, 0.2) is 0 Å². The Hall–Kier alpha value is -1.33. The fraction of sp³-hybridized carbons (Fsp3) is 0.417. The molecule has 0 bridgehead atoms. The Morgan fingerprint density at radius 3 is 2.57 bits per heavy atom. The predicted molar refractivity (Wildman–Crippen MR) is 55.5 cm³/mol. The van der Waals surface area contributed by atoms with Crippen LogP contribution < -0.4 is 0 Å². The van der Waals surface area contributed by atoms with E-state index < -0.39 is 11.5 Å². The summed E-state index contributed by atoms with van der Waals surface area (Å²) < 4.78 is 0. The first kappa shape index (κ1) is 10.7. The molecule has 1 atom stereocenters. The van der Waals surface area contributed by atoms with Crippen LogP contribution in [0.4, 0.5) is 0 Å². The zero-order chi connectivity index (χ0) is 10.8. The van der Waals surface area contributed by atoms with Crippen molar-refractivity contribution < 1.29 is 5.11 Å². The normalized spacial score (nSPS) is 13.4. The van der Waals surface area contributed by atoms with Crippen molar-refractivity contribution in [2.75, 3.05) is 0 Å². The Balaban J connectivity index is 3.02. The van der Waals surface area contributed by atoms with Gasteiger partial charge in [-0.2, -0.15) is 5.26 Å². The van der Waals surface area contributed by atoms with E-state index in [-0.39, 0.29) is 0 Å². The molecule has 0 saturated heterocycles. The topological polar surface area (TPSA) is 44.0 Å². The van der Waals surface area contributed by atoms with Gasteiger partial charge in [0, 0.05) is 0 Å². The molecular formula is C12H15NO. The molecule has 0 heterocycles. The van der Waals surface area contributed by atoms with Gasteiger partial charge >= 0.3 is 0 Å². The van der Waals surface area contributed by atoms with Crippen LogP contribution in [-0.2, 0) is 0 Å². The van der Waals surface area contributed by atoms with Gasteiger partial charge in [0.2, 0.25) is 0 Å². The van der Waals surface area contributed by atoms with Crippen molar-refractivity contribution in [2.45, 2.75) is 26.9 Å². The molecule has 1 rings (SSSR count). The lowest BCUT2D eigenvalue weighted by Gasteiger charge is -2.23. The molecule has 0 fully saturated rings. The van der Waals surface area contributed by atoms with E-state index in [2.05, 4.69) is 6.07 Å². The van der Waals surface area contributed by atoms with E-state index >= 15 is 0 Å². The maximum Gasteiger partial charge on any atom is 0.0970 e. The monoisotopic (exact) mass is 189 g/mol. The quantitative estimate of drug-likeness (QED) is 0.777. The van der Waals surface area contributed by atoms with Crippen molar-refractivity contribution in [3.8, 4) is 6.07 Å². The third-order valence-electron chi connectivity index (χ3n) is 2.33. The summed E-state index contributed by atoms with van der Waals surface area (Å²) in [5.41, 5.74) is 1.15. The van der Waals surface area contributed by atoms with Crippen LogP contribution in [0, 0.1) is 23.7 Å². The van der Waals surface area contributed by atoms with Crippen molar-refractivity contribution in [1.29, 1.82) is 5.26 Å². The highest BCUT2D eigenvalue weighted by molar-refractivity contribution is 5.26. The molecule has 1 N–H and O–H groups in total. The molecule has 2 nitrogen and oxygen atoms in total. The number of nitriles is 1. The summed E-state index contributed by atoms with van der Waals surface area (Å²) in [4.78, 5) is 0. The van der Waals surface area contributed by atoms with E-state index in [0.29, 0.717) is 0 Å². The molecule has 1 aromatic carbocycles. The molecule has 1 unspecified atom stereocenters. The first-order valence-corrected chi connectivity index (χ1v) is 4.63. The molecule has 1 aromatic rings. The van der Waals surface area contributed by atoms with E-state index in [0.717, 1.165) is 11.1 Å². The largest absolute Gasteiger partial charge is 0.387 e. The third-order valence-corrected chi connectivity index (χ3v) is 2.33. The van der Waals surface area contributed by atoms with Crippen LogP contribution >= 0.6 is 0 Å². The fourth-order valence-electron chi connectivity index (χ4n) is 1.32. The van der Waals surface area contributed by atoms with Crippen molar-refractivity contribution in [2.24, 2.45) is 5.41 Å². The first-order valence-electron chi connectivity index (χ1n) is 4.63. The van der Waals surface area contributed by atoms with Crippen molar-refractivity contribution in [1.82, 2.24) is 0 Å². The van der Waals surface area contributed by atoms with Crippen LogP contribution in [0.3, 0.4) is 0 Å². The van der Waals surface area contributed by atoms with Gasteiger partial charge in [-0.25, -0.2) is 0 Å². The van der Waals surface area contributed by atoms with Crippen LogP contribution in [0.2, 0.25) is 0 Å². The first-order chi connectivity index (χ1) is 6.47. The van der Waals surface area contributed by atoms with Gasteiger partial charge in [-0.15, -0.1) is 0 Å². The highest BCUT2D eigenvalue weighted by Crippen LogP contribution is 2.32. The molecule has 74 valence electrons. The van der Waals surface area contributed by atoms with E-state index in [1.54, 1.807) is 13.8 Å². The van der Waals surface area contributed by atoms with Crippen LogP contribution in [0.5, 0.6) is 0 Å². The standard InChI is InChI=1S/C12H15NO/c1-9-5-4-6-10(7-9)11(14)12(2,3)8-13/h4-7,11,14H,1-3H3. The maximum atomic E-state index is 9.95. The van der Waals surface area contributed by atoms with Crippen molar-refractivity contribution in [3.63, 3.8) is 0 Å². The minimum Gasteiger partial charge on any atom is -0.387 e. The molecule has 0 amide bonds. The van der Waals surface area contributed by atoms with Crippen LogP contribution in [0.1, 0.15) is 31.1 Å².